The second-order valence-corrected chi connectivity index (χ2v) is 10.9. The van der Waals surface area contributed by atoms with E-state index in [-0.39, 0.29) is 30.6 Å². The zero-order valence-corrected chi connectivity index (χ0v) is 21.6. The van der Waals surface area contributed by atoms with Crippen molar-refractivity contribution in [3.8, 4) is 5.75 Å². The van der Waals surface area contributed by atoms with Crippen LogP contribution in [0, 0.1) is 5.92 Å². The number of likely N-dealkylation sites (tertiary alicyclic amines) is 1. The molecule has 3 aliphatic rings. The van der Waals surface area contributed by atoms with E-state index in [4.69, 9.17) is 4.74 Å². The van der Waals surface area contributed by atoms with Crippen LogP contribution in [-0.4, -0.2) is 78.3 Å². The first kappa shape index (κ1) is 25.7. The van der Waals surface area contributed by atoms with Gasteiger partial charge >= 0.3 is 0 Å². The molecule has 2 saturated heterocycles. The number of benzene rings is 1. The standard InChI is InChI=1S/C28H41N3O4/c1-21(2)13-14-31-26(33)20-28(27(31)34,22-9-11-24(35-3)12-10-22)19-25(32)30-17-15-29(16-18-30)23-7-5-4-6-8-23/h9-12,21,23H,4-8,13-20H2,1-3H3/t28-/m0/s1. The maximum atomic E-state index is 13.8. The van der Waals surface area contributed by atoms with E-state index in [1.165, 1.54) is 37.0 Å². The number of hydrogen-bond acceptors (Lipinski definition) is 5. The zero-order chi connectivity index (χ0) is 25.0. The van der Waals surface area contributed by atoms with Gasteiger partial charge in [-0.2, -0.15) is 0 Å². The molecule has 3 fully saturated rings. The van der Waals surface area contributed by atoms with E-state index in [9.17, 15) is 14.4 Å². The first-order valence-corrected chi connectivity index (χ1v) is 13.3. The zero-order valence-electron chi connectivity index (χ0n) is 21.6. The fourth-order valence-electron chi connectivity index (χ4n) is 5.94. The lowest BCUT2D eigenvalue weighted by Gasteiger charge is -2.41. The van der Waals surface area contributed by atoms with Gasteiger partial charge < -0.3 is 9.64 Å². The largest absolute Gasteiger partial charge is 0.497 e. The van der Waals surface area contributed by atoms with Gasteiger partial charge in [0.1, 0.15) is 5.75 Å². The molecule has 0 bridgehead atoms. The molecule has 7 heteroatoms. The van der Waals surface area contributed by atoms with Crippen molar-refractivity contribution in [1.82, 2.24) is 14.7 Å². The molecule has 1 atom stereocenters. The van der Waals surface area contributed by atoms with E-state index in [2.05, 4.69) is 18.7 Å². The van der Waals surface area contributed by atoms with Gasteiger partial charge in [0.05, 0.1) is 12.5 Å². The van der Waals surface area contributed by atoms with Crippen molar-refractivity contribution in [1.29, 1.82) is 0 Å². The van der Waals surface area contributed by atoms with Gasteiger partial charge in [-0.05, 0) is 42.9 Å². The molecular weight excluding hydrogens is 442 g/mol. The molecule has 0 N–H and O–H groups in total. The monoisotopic (exact) mass is 483 g/mol. The van der Waals surface area contributed by atoms with E-state index in [1.807, 2.05) is 17.0 Å². The first-order valence-electron chi connectivity index (χ1n) is 13.3. The van der Waals surface area contributed by atoms with Crippen LogP contribution in [0.4, 0.5) is 0 Å². The minimum atomic E-state index is -1.14. The maximum Gasteiger partial charge on any atom is 0.240 e. The lowest BCUT2D eigenvalue weighted by molar-refractivity contribution is -0.143. The van der Waals surface area contributed by atoms with Crippen molar-refractivity contribution in [3.05, 3.63) is 29.8 Å². The number of amides is 3. The lowest BCUT2D eigenvalue weighted by Crippen LogP contribution is -2.53. The molecule has 1 aliphatic carbocycles. The third-order valence-electron chi connectivity index (χ3n) is 8.19. The topological polar surface area (TPSA) is 70.2 Å². The highest BCUT2D eigenvalue weighted by atomic mass is 16.5. The Morgan fingerprint density at radius 1 is 1.03 bits per heavy atom. The number of carbonyl (C=O) groups excluding carboxylic acids is 3. The molecule has 7 nitrogen and oxygen atoms in total. The predicted molar refractivity (Wildman–Crippen MR) is 135 cm³/mol. The van der Waals surface area contributed by atoms with Gasteiger partial charge in [-0.15, -0.1) is 0 Å². The summed E-state index contributed by atoms with van der Waals surface area (Å²) >= 11 is 0. The Morgan fingerprint density at radius 3 is 2.29 bits per heavy atom. The molecule has 4 rings (SSSR count). The normalized spacial score (nSPS) is 24.5. The summed E-state index contributed by atoms with van der Waals surface area (Å²) in [6.45, 7) is 7.72. The van der Waals surface area contributed by atoms with Crippen molar-refractivity contribution in [2.75, 3.05) is 39.8 Å². The SMILES string of the molecule is COc1ccc([C@]2(CC(=O)N3CCN(C4CCCCC4)CC3)CC(=O)N(CCC(C)C)C2=O)cc1. The van der Waals surface area contributed by atoms with Crippen LogP contribution >= 0.6 is 0 Å². The summed E-state index contributed by atoms with van der Waals surface area (Å²) in [4.78, 5) is 46.2. The number of rotatable bonds is 8. The van der Waals surface area contributed by atoms with E-state index in [1.54, 1.807) is 19.2 Å². The highest BCUT2D eigenvalue weighted by Crippen LogP contribution is 2.41. The molecule has 3 amide bonds. The predicted octanol–water partition coefficient (Wildman–Crippen LogP) is 3.61. The van der Waals surface area contributed by atoms with Crippen molar-refractivity contribution < 1.29 is 19.1 Å². The Labute approximate surface area is 209 Å². The molecule has 2 aliphatic heterocycles. The van der Waals surface area contributed by atoms with E-state index >= 15 is 0 Å². The summed E-state index contributed by atoms with van der Waals surface area (Å²) in [5.74, 6) is 0.621. The van der Waals surface area contributed by atoms with Gasteiger partial charge in [-0.1, -0.05) is 45.2 Å². The summed E-state index contributed by atoms with van der Waals surface area (Å²) in [6.07, 6.45) is 7.30. The minimum Gasteiger partial charge on any atom is -0.497 e. The van der Waals surface area contributed by atoms with Crippen LogP contribution in [0.15, 0.2) is 24.3 Å². The first-order chi connectivity index (χ1) is 16.8. The maximum absolute atomic E-state index is 13.8. The summed E-state index contributed by atoms with van der Waals surface area (Å²) in [5.41, 5.74) is -0.421. The molecule has 35 heavy (non-hydrogen) atoms. The van der Waals surface area contributed by atoms with Crippen molar-refractivity contribution in [2.45, 2.75) is 76.7 Å². The number of imide groups is 1. The smallest absolute Gasteiger partial charge is 0.240 e. The molecule has 2 heterocycles. The number of carbonyl (C=O) groups is 3. The van der Waals surface area contributed by atoms with Crippen molar-refractivity contribution >= 4 is 17.7 Å². The van der Waals surface area contributed by atoms with Crippen LogP contribution in [-0.2, 0) is 19.8 Å². The molecule has 1 aromatic carbocycles. The van der Waals surface area contributed by atoms with Crippen molar-refractivity contribution in [3.63, 3.8) is 0 Å². The molecule has 1 saturated carbocycles. The Kier molecular flexibility index (Phi) is 8.15. The van der Waals surface area contributed by atoms with Crippen LogP contribution < -0.4 is 4.74 Å². The number of methoxy groups -OCH3 is 1. The highest BCUT2D eigenvalue weighted by Gasteiger charge is 2.54. The van der Waals surface area contributed by atoms with Crippen LogP contribution in [0.1, 0.15) is 70.8 Å². The number of nitrogens with zero attached hydrogens (tertiary/aromatic N) is 3. The van der Waals surface area contributed by atoms with Gasteiger partial charge in [0, 0.05) is 51.6 Å². The average molecular weight is 484 g/mol. The van der Waals surface area contributed by atoms with E-state index < -0.39 is 5.41 Å². The number of hydrogen-bond donors (Lipinski definition) is 0. The summed E-state index contributed by atoms with van der Waals surface area (Å²) in [5, 5.41) is 0. The molecule has 0 aromatic heterocycles. The third-order valence-corrected chi connectivity index (χ3v) is 8.19. The Hall–Kier alpha value is -2.41. The molecule has 192 valence electrons. The van der Waals surface area contributed by atoms with Gasteiger partial charge in [-0.3, -0.25) is 24.2 Å². The molecule has 0 spiro atoms. The van der Waals surface area contributed by atoms with Gasteiger partial charge in [0.2, 0.25) is 17.7 Å². The molecule has 1 aromatic rings. The van der Waals surface area contributed by atoms with Gasteiger partial charge in [0.15, 0.2) is 0 Å². The van der Waals surface area contributed by atoms with Gasteiger partial charge in [-0.25, -0.2) is 0 Å². The lowest BCUT2D eigenvalue weighted by atomic mass is 9.75. The fraction of sp³-hybridized carbons (Fsp3) is 0.679. The van der Waals surface area contributed by atoms with Gasteiger partial charge in [0.25, 0.3) is 0 Å². The second kappa shape index (κ2) is 11.1. The fourth-order valence-corrected chi connectivity index (χ4v) is 5.94. The summed E-state index contributed by atoms with van der Waals surface area (Å²) in [6, 6.07) is 7.93. The third kappa shape index (κ3) is 5.55. The number of ether oxygens (including phenoxy) is 1. The highest BCUT2D eigenvalue weighted by molar-refractivity contribution is 6.10. The molecular formula is C28H41N3O4. The Balaban J connectivity index is 1.50. The summed E-state index contributed by atoms with van der Waals surface area (Å²) in [7, 11) is 1.60. The molecule has 0 radical (unpaired) electrons. The van der Waals surface area contributed by atoms with Crippen molar-refractivity contribution in [2.24, 2.45) is 5.92 Å². The minimum absolute atomic E-state index is 0.0315. The van der Waals surface area contributed by atoms with Crippen LogP contribution in [0.5, 0.6) is 5.75 Å². The van der Waals surface area contributed by atoms with Crippen LogP contribution in [0.3, 0.4) is 0 Å². The molecule has 0 unspecified atom stereocenters. The van der Waals surface area contributed by atoms with Crippen LogP contribution in [0.2, 0.25) is 0 Å². The Morgan fingerprint density at radius 2 is 1.69 bits per heavy atom. The van der Waals surface area contributed by atoms with E-state index in [0.717, 1.165) is 25.1 Å². The average Bonchev–Trinajstić information content (AvgIpc) is 3.12. The number of piperazine rings is 1. The quantitative estimate of drug-likeness (QED) is 0.529. The van der Waals surface area contributed by atoms with E-state index in [0.29, 0.717) is 37.3 Å². The van der Waals surface area contributed by atoms with Crippen LogP contribution in [0.25, 0.3) is 0 Å². The summed E-state index contributed by atoms with van der Waals surface area (Å²) < 4.78 is 5.29. The second-order valence-electron chi connectivity index (χ2n) is 10.9. The Bertz CT molecular complexity index is 901.